The van der Waals surface area contributed by atoms with E-state index in [0.29, 0.717) is 6.07 Å². The van der Waals surface area contributed by atoms with Gasteiger partial charge in [-0.1, -0.05) is 6.42 Å². The highest BCUT2D eigenvalue weighted by Crippen LogP contribution is 2.35. The summed E-state index contributed by atoms with van der Waals surface area (Å²) in [6.45, 7) is 0. The lowest BCUT2D eigenvalue weighted by Crippen LogP contribution is -2.37. The zero-order valence-electron chi connectivity index (χ0n) is 9.57. The Bertz CT molecular complexity index is 426. The Hall–Kier alpha value is -0.780. The summed E-state index contributed by atoms with van der Waals surface area (Å²) in [4.78, 5) is 0. The van der Waals surface area contributed by atoms with Crippen LogP contribution in [0.2, 0.25) is 0 Å². The van der Waals surface area contributed by atoms with Gasteiger partial charge in [0.15, 0.2) is 11.6 Å². The molecule has 0 bridgehead atoms. The maximum absolute atomic E-state index is 13.4. The van der Waals surface area contributed by atoms with Crippen molar-refractivity contribution in [3.63, 3.8) is 0 Å². The largest absolute Gasteiger partial charge is 0.391 e. The molecular weight excluding hydrogens is 267 g/mol. The van der Waals surface area contributed by atoms with Crippen LogP contribution in [0.4, 0.5) is 13.2 Å². The van der Waals surface area contributed by atoms with Crippen molar-refractivity contribution in [2.45, 2.75) is 31.4 Å². The van der Waals surface area contributed by atoms with Crippen molar-refractivity contribution >= 4 is 12.4 Å². The Morgan fingerprint density at radius 2 is 1.83 bits per heavy atom. The predicted octanol–water partition coefficient (Wildman–Crippen LogP) is 2.69. The molecule has 6 heteroatoms. The van der Waals surface area contributed by atoms with Gasteiger partial charge >= 0.3 is 0 Å². The van der Waals surface area contributed by atoms with Crippen LogP contribution in [0.5, 0.6) is 0 Å². The molecule has 1 fully saturated rings. The van der Waals surface area contributed by atoms with Crippen molar-refractivity contribution in [1.29, 1.82) is 0 Å². The second-order valence-corrected chi connectivity index (χ2v) is 4.50. The zero-order valence-corrected chi connectivity index (χ0v) is 10.4. The fourth-order valence-corrected chi connectivity index (χ4v) is 2.08. The fraction of sp³-hybridized carbons (Fsp3) is 0.500. The van der Waals surface area contributed by atoms with Gasteiger partial charge in [0.2, 0.25) is 0 Å². The van der Waals surface area contributed by atoms with E-state index in [1.807, 2.05) is 0 Å². The third-order valence-electron chi connectivity index (χ3n) is 3.38. The minimum absolute atomic E-state index is 0. The Balaban J connectivity index is 0.00000162. The Morgan fingerprint density at radius 3 is 2.33 bits per heavy atom. The third kappa shape index (κ3) is 2.79. The van der Waals surface area contributed by atoms with Gasteiger partial charge in [0, 0.05) is 11.6 Å². The lowest BCUT2D eigenvalue weighted by molar-refractivity contribution is 0.0402. The van der Waals surface area contributed by atoms with E-state index in [-0.39, 0.29) is 23.9 Å². The smallest absolute Gasteiger partial charge is 0.163 e. The third-order valence-corrected chi connectivity index (χ3v) is 3.38. The first-order valence-corrected chi connectivity index (χ1v) is 5.59. The van der Waals surface area contributed by atoms with Crippen molar-refractivity contribution in [3.8, 4) is 0 Å². The van der Waals surface area contributed by atoms with Crippen LogP contribution in [-0.2, 0) is 0 Å². The van der Waals surface area contributed by atoms with E-state index in [1.165, 1.54) is 0 Å². The maximum atomic E-state index is 13.4. The summed E-state index contributed by atoms with van der Waals surface area (Å²) in [7, 11) is 0. The molecule has 2 rings (SSSR count). The molecule has 2 nitrogen and oxygen atoms in total. The number of hydrogen-bond donors (Lipinski definition) is 2. The van der Waals surface area contributed by atoms with Crippen molar-refractivity contribution in [2.75, 3.05) is 0 Å². The molecule has 0 aromatic heterocycles. The average Bonchev–Trinajstić information content (AvgIpc) is 2.19. The minimum atomic E-state index is -1.28. The van der Waals surface area contributed by atoms with Gasteiger partial charge in [0.25, 0.3) is 0 Å². The molecule has 0 aliphatic heterocycles. The first-order chi connectivity index (χ1) is 8.00. The summed E-state index contributed by atoms with van der Waals surface area (Å²) in [5.41, 5.74) is 5.36. The molecule has 1 aliphatic carbocycles. The second kappa shape index (κ2) is 5.91. The minimum Gasteiger partial charge on any atom is -0.391 e. The number of benzene rings is 1. The van der Waals surface area contributed by atoms with E-state index >= 15 is 0 Å². The fourth-order valence-electron chi connectivity index (χ4n) is 2.08. The molecule has 1 aromatic rings. The highest BCUT2D eigenvalue weighted by molar-refractivity contribution is 5.85. The number of nitrogens with two attached hydrogens (primary N) is 1. The summed E-state index contributed by atoms with van der Waals surface area (Å²) in [5.74, 6) is -3.36. The molecule has 0 heterocycles. The first kappa shape index (κ1) is 15.3. The lowest BCUT2D eigenvalue weighted by Gasteiger charge is -2.33. The van der Waals surface area contributed by atoms with Crippen LogP contribution in [0.1, 0.15) is 30.9 Å². The van der Waals surface area contributed by atoms with Crippen molar-refractivity contribution in [2.24, 2.45) is 11.7 Å². The highest BCUT2D eigenvalue weighted by Gasteiger charge is 2.32. The van der Waals surface area contributed by atoms with Gasteiger partial charge in [0.05, 0.1) is 12.1 Å². The molecule has 0 amide bonds. The van der Waals surface area contributed by atoms with Gasteiger partial charge < -0.3 is 10.8 Å². The molecule has 3 N–H and O–H groups in total. The molecule has 1 aromatic carbocycles. The molecule has 2 atom stereocenters. The Morgan fingerprint density at radius 1 is 1.22 bits per heavy atom. The van der Waals surface area contributed by atoms with Crippen LogP contribution in [0.15, 0.2) is 12.1 Å². The Kier molecular flexibility index (Phi) is 5.01. The summed E-state index contributed by atoms with van der Waals surface area (Å²) >= 11 is 0. The summed E-state index contributed by atoms with van der Waals surface area (Å²) < 4.78 is 39.4. The van der Waals surface area contributed by atoms with Crippen LogP contribution in [-0.4, -0.2) is 11.2 Å². The number of hydrogen-bond acceptors (Lipinski definition) is 2. The Labute approximate surface area is 109 Å². The lowest BCUT2D eigenvalue weighted by atomic mass is 9.77. The molecule has 0 radical (unpaired) electrons. The van der Waals surface area contributed by atoms with Crippen LogP contribution in [0.3, 0.4) is 0 Å². The van der Waals surface area contributed by atoms with Gasteiger partial charge in [-0.05, 0) is 24.8 Å². The van der Waals surface area contributed by atoms with Gasteiger partial charge in [-0.2, -0.15) is 0 Å². The predicted molar refractivity (Wildman–Crippen MR) is 63.8 cm³/mol. The molecular formula is C12H15ClF3NO. The van der Waals surface area contributed by atoms with Crippen molar-refractivity contribution in [3.05, 3.63) is 35.1 Å². The average molecular weight is 282 g/mol. The molecule has 18 heavy (non-hydrogen) atoms. The molecule has 0 spiro atoms. The summed E-state index contributed by atoms with van der Waals surface area (Å²) in [5, 5.41) is 9.86. The van der Waals surface area contributed by atoms with E-state index in [9.17, 15) is 18.3 Å². The summed E-state index contributed by atoms with van der Waals surface area (Å²) in [6, 6.07) is 0.206. The zero-order chi connectivity index (χ0) is 12.6. The van der Waals surface area contributed by atoms with Crippen molar-refractivity contribution < 1.29 is 18.3 Å². The number of aliphatic hydroxyl groups is 1. The maximum Gasteiger partial charge on any atom is 0.163 e. The van der Waals surface area contributed by atoms with Crippen LogP contribution in [0.25, 0.3) is 0 Å². The van der Waals surface area contributed by atoms with E-state index < -0.39 is 29.6 Å². The van der Waals surface area contributed by atoms with Crippen molar-refractivity contribution in [1.82, 2.24) is 0 Å². The first-order valence-electron chi connectivity index (χ1n) is 5.59. The number of aliphatic hydroxyl groups excluding tert-OH is 1. The monoisotopic (exact) mass is 281 g/mol. The summed E-state index contributed by atoms with van der Waals surface area (Å²) in [6.07, 6.45) is 1.66. The van der Waals surface area contributed by atoms with Crippen LogP contribution < -0.4 is 5.73 Å². The van der Waals surface area contributed by atoms with E-state index in [2.05, 4.69) is 0 Å². The van der Waals surface area contributed by atoms with Gasteiger partial charge in [0.1, 0.15) is 5.82 Å². The topological polar surface area (TPSA) is 46.2 Å². The molecule has 102 valence electrons. The number of rotatable bonds is 3. The molecule has 1 saturated carbocycles. The highest BCUT2D eigenvalue weighted by atomic mass is 35.5. The quantitative estimate of drug-likeness (QED) is 0.837. The van der Waals surface area contributed by atoms with E-state index in [1.54, 1.807) is 0 Å². The molecule has 1 aliphatic rings. The molecule has 0 unspecified atom stereocenters. The number of halogens is 4. The van der Waals surface area contributed by atoms with Gasteiger partial charge in [-0.3, -0.25) is 0 Å². The van der Waals surface area contributed by atoms with Crippen LogP contribution >= 0.6 is 12.4 Å². The van der Waals surface area contributed by atoms with E-state index in [4.69, 9.17) is 5.73 Å². The molecule has 0 saturated heterocycles. The van der Waals surface area contributed by atoms with Gasteiger partial charge in [-0.25, -0.2) is 13.2 Å². The van der Waals surface area contributed by atoms with Gasteiger partial charge in [-0.15, -0.1) is 12.4 Å². The standard InChI is InChI=1S/C12H14F3NO.ClH/c13-7-4-8(10(15)9(14)5-7)11(16)12(17)6-2-1-3-6;/h4-6,11-12,17H,1-3,16H2;1H/t11-,12+;/m1./s1. The SMILES string of the molecule is Cl.N[C@H](c1cc(F)cc(F)c1F)[C@@H](O)C1CCC1. The second-order valence-electron chi connectivity index (χ2n) is 4.50. The van der Waals surface area contributed by atoms with E-state index in [0.717, 1.165) is 25.3 Å². The normalized spacial score (nSPS) is 18.7. The van der Waals surface area contributed by atoms with Crippen LogP contribution in [0, 0.1) is 23.4 Å².